The van der Waals surface area contributed by atoms with Gasteiger partial charge >= 0.3 is 0 Å². The van der Waals surface area contributed by atoms with Crippen molar-refractivity contribution in [2.75, 3.05) is 30.9 Å². The number of aryl methyl sites for hydroxylation is 2. The Kier molecular flexibility index (Phi) is 9.38. The van der Waals surface area contributed by atoms with Crippen LogP contribution in [0.15, 0.2) is 23.1 Å². The Hall–Kier alpha value is -1.14. The highest BCUT2D eigenvalue weighted by atomic mass is 32.2. The van der Waals surface area contributed by atoms with Crippen LogP contribution in [0.5, 0.6) is 0 Å². The fourth-order valence-corrected chi connectivity index (χ4v) is 6.65. The lowest BCUT2D eigenvalue weighted by atomic mass is 10.1. The van der Waals surface area contributed by atoms with Gasteiger partial charge in [0.2, 0.25) is 26.0 Å². The van der Waals surface area contributed by atoms with Crippen molar-refractivity contribution in [1.82, 2.24) is 14.3 Å². The zero-order valence-corrected chi connectivity index (χ0v) is 21.0. The van der Waals surface area contributed by atoms with Crippen LogP contribution in [0, 0.1) is 13.8 Å². The molecule has 8 nitrogen and oxygen atoms in total. The van der Waals surface area contributed by atoms with Crippen LogP contribution in [0.25, 0.3) is 0 Å². The Morgan fingerprint density at radius 3 is 2.42 bits per heavy atom. The summed E-state index contributed by atoms with van der Waals surface area (Å²) >= 11 is 1.54. The van der Waals surface area contributed by atoms with Crippen LogP contribution in [0.3, 0.4) is 0 Å². The molecule has 1 heterocycles. The SMILES string of the molecule is CCS(=O)(=O)N1CCC(NC(=O)[C@H](CCSC)NS(=O)(=O)c2cc(C)ccc2C)CC1. The molecule has 0 bridgehead atoms. The van der Waals surface area contributed by atoms with Crippen LogP contribution in [0.2, 0.25) is 0 Å². The molecule has 1 atom stereocenters. The molecule has 2 rings (SSSR count). The second kappa shape index (κ2) is 11.1. The average Bonchev–Trinajstić information content (AvgIpc) is 2.73. The van der Waals surface area contributed by atoms with Crippen molar-refractivity contribution >= 4 is 37.7 Å². The molecule has 1 aliphatic rings. The largest absolute Gasteiger partial charge is 0.352 e. The number of carbonyl (C=O) groups excluding carboxylic acids is 1. The summed E-state index contributed by atoms with van der Waals surface area (Å²) in [4.78, 5) is 13.1. The molecule has 2 N–H and O–H groups in total. The standard InChI is InChI=1S/C20H33N3O5S3/c1-5-30(25,26)23-11-8-17(9-12-23)21-20(24)18(10-13-29-4)22-31(27,28)19-14-15(2)6-7-16(19)3/h6-7,14,17-18,22H,5,8-13H2,1-4H3,(H,21,24)/t18-/m0/s1. The van der Waals surface area contributed by atoms with Crippen molar-refractivity contribution in [2.45, 2.75) is 57.0 Å². The van der Waals surface area contributed by atoms with Gasteiger partial charge < -0.3 is 5.32 Å². The number of thioether (sulfide) groups is 1. The molecule has 0 aliphatic carbocycles. The number of hydrogen-bond donors (Lipinski definition) is 2. The highest BCUT2D eigenvalue weighted by molar-refractivity contribution is 7.98. The van der Waals surface area contributed by atoms with Crippen LogP contribution in [0.1, 0.15) is 37.3 Å². The molecule has 176 valence electrons. The van der Waals surface area contributed by atoms with Crippen molar-refractivity contribution in [3.8, 4) is 0 Å². The molecule has 1 aromatic rings. The van der Waals surface area contributed by atoms with E-state index in [9.17, 15) is 21.6 Å². The summed E-state index contributed by atoms with van der Waals surface area (Å²) in [5.74, 6) is 0.307. The maximum Gasteiger partial charge on any atom is 0.241 e. The van der Waals surface area contributed by atoms with Crippen molar-refractivity contribution in [3.63, 3.8) is 0 Å². The smallest absolute Gasteiger partial charge is 0.241 e. The molecule has 1 amide bonds. The van der Waals surface area contributed by atoms with Gasteiger partial charge in [0.1, 0.15) is 6.04 Å². The monoisotopic (exact) mass is 491 g/mol. The van der Waals surface area contributed by atoms with Crippen LogP contribution in [0.4, 0.5) is 0 Å². The summed E-state index contributed by atoms with van der Waals surface area (Å²) in [7, 11) is -7.11. The maximum absolute atomic E-state index is 13.0. The zero-order valence-electron chi connectivity index (χ0n) is 18.5. The number of sulfonamides is 2. The number of amides is 1. The molecule has 11 heteroatoms. The van der Waals surface area contributed by atoms with Gasteiger partial charge in [-0.15, -0.1) is 0 Å². The summed E-state index contributed by atoms with van der Waals surface area (Å²) in [6.07, 6.45) is 3.27. The van der Waals surface area contributed by atoms with Gasteiger partial charge in [-0.05, 0) is 69.2 Å². The summed E-state index contributed by atoms with van der Waals surface area (Å²) < 4.78 is 54.0. The number of piperidine rings is 1. The van der Waals surface area contributed by atoms with Crippen molar-refractivity contribution in [1.29, 1.82) is 0 Å². The van der Waals surface area contributed by atoms with E-state index in [4.69, 9.17) is 0 Å². The predicted molar refractivity (Wildman–Crippen MR) is 125 cm³/mol. The predicted octanol–water partition coefficient (Wildman–Crippen LogP) is 1.63. The van der Waals surface area contributed by atoms with E-state index >= 15 is 0 Å². The molecule has 1 aliphatic heterocycles. The molecule has 0 radical (unpaired) electrons. The topological polar surface area (TPSA) is 113 Å². The van der Waals surface area contributed by atoms with E-state index in [-0.39, 0.29) is 22.6 Å². The van der Waals surface area contributed by atoms with Gasteiger partial charge in [0.25, 0.3) is 0 Å². The van der Waals surface area contributed by atoms with Gasteiger partial charge in [-0.1, -0.05) is 12.1 Å². The third-order valence-corrected chi connectivity index (χ3v) is 9.56. The van der Waals surface area contributed by atoms with E-state index in [2.05, 4.69) is 10.0 Å². The van der Waals surface area contributed by atoms with Crippen LogP contribution in [-0.2, 0) is 24.8 Å². The minimum atomic E-state index is -3.87. The van der Waals surface area contributed by atoms with Gasteiger partial charge in [-0.3, -0.25) is 4.79 Å². The van der Waals surface area contributed by atoms with Gasteiger partial charge in [0.05, 0.1) is 10.6 Å². The number of carbonyl (C=O) groups is 1. The number of rotatable bonds is 10. The molecule has 0 unspecified atom stereocenters. The Balaban J connectivity index is 2.08. The normalized spacial score (nSPS) is 17.4. The summed E-state index contributed by atoms with van der Waals surface area (Å²) in [6, 6.07) is 4.12. The summed E-state index contributed by atoms with van der Waals surface area (Å²) in [5, 5.41) is 2.92. The van der Waals surface area contributed by atoms with Crippen molar-refractivity contribution < 1.29 is 21.6 Å². The first-order valence-electron chi connectivity index (χ1n) is 10.4. The number of nitrogens with one attached hydrogen (secondary N) is 2. The third-order valence-electron chi connectivity index (χ3n) is 5.42. The lowest BCUT2D eigenvalue weighted by Gasteiger charge is -2.32. The average molecular weight is 492 g/mol. The summed E-state index contributed by atoms with van der Waals surface area (Å²) in [5.41, 5.74) is 1.44. The van der Waals surface area contributed by atoms with Crippen LogP contribution < -0.4 is 10.0 Å². The van der Waals surface area contributed by atoms with E-state index in [0.29, 0.717) is 43.7 Å². The van der Waals surface area contributed by atoms with Crippen LogP contribution >= 0.6 is 11.8 Å². The van der Waals surface area contributed by atoms with Gasteiger partial charge in [-0.2, -0.15) is 16.5 Å². The molecule has 0 spiro atoms. The third kappa shape index (κ3) is 7.18. The molecule has 0 aromatic heterocycles. The molecule has 1 fully saturated rings. The molecule has 1 aromatic carbocycles. The van der Waals surface area contributed by atoms with E-state index in [1.165, 1.54) is 16.1 Å². The molecular weight excluding hydrogens is 458 g/mol. The minimum Gasteiger partial charge on any atom is -0.352 e. The van der Waals surface area contributed by atoms with E-state index in [1.54, 1.807) is 26.0 Å². The van der Waals surface area contributed by atoms with Gasteiger partial charge in [0, 0.05) is 19.1 Å². The molecular formula is C20H33N3O5S3. The first kappa shape index (κ1) is 26.1. The number of nitrogens with zero attached hydrogens (tertiary/aromatic N) is 1. The quantitative estimate of drug-likeness (QED) is 0.514. The highest BCUT2D eigenvalue weighted by Crippen LogP contribution is 2.19. The fraction of sp³-hybridized carbons (Fsp3) is 0.650. The lowest BCUT2D eigenvalue weighted by Crippen LogP contribution is -2.52. The first-order valence-corrected chi connectivity index (χ1v) is 14.9. The van der Waals surface area contributed by atoms with Crippen molar-refractivity contribution in [2.24, 2.45) is 0 Å². The minimum absolute atomic E-state index is 0.0565. The number of benzene rings is 1. The van der Waals surface area contributed by atoms with Crippen molar-refractivity contribution in [3.05, 3.63) is 29.3 Å². The van der Waals surface area contributed by atoms with Gasteiger partial charge in [-0.25, -0.2) is 21.1 Å². The van der Waals surface area contributed by atoms with E-state index in [0.717, 1.165) is 5.56 Å². The zero-order chi connectivity index (χ0) is 23.2. The fourth-order valence-electron chi connectivity index (χ4n) is 3.49. The summed E-state index contributed by atoms with van der Waals surface area (Å²) in [6.45, 7) is 5.86. The Morgan fingerprint density at radius 1 is 1.19 bits per heavy atom. The Bertz CT molecular complexity index is 972. The van der Waals surface area contributed by atoms with Crippen LogP contribution in [-0.4, -0.2) is 70.0 Å². The van der Waals surface area contributed by atoms with E-state index in [1.807, 2.05) is 19.2 Å². The lowest BCUT2D eigenvalue weighted by molar-refractivity contribution is -0.123. The molecule has 1 saturated heterocycles. The number of hydrogen-bond acceptors (Lipinski definition) is 6. The van der Waals surface area contributed by atoms with Gasteiger partial charge in [0.15, 0.2) is 0 Å². The second-order valence-electron chi connectivity index (χ2n) is 7.81. The molecule has 31 heavy (non-hydrogen) atoms. The Labute approximate surface area is 190 Å². The highest BCUT2D eigenvalue weighted by Gasteiger charge is 2.31. The maximum atomic E-state index is 13.0. The first-order chi connectivity index (χ1) is 14.5. The Morgan fingerprint density at radius 2 is 1.84 bits per heavy atom. The van der Waals surface area contributed by atoms with E-state index < -0.39 is 26.1 Å². The molecule has 0 saturated carbocycles. The second-order valence-corrected chi connectivity index (χ2v) is 12.7.